The van der Waals surface area contributed by atoms with Gasteiger partial charge in [0.1, 0.15) is 0 Å². The van der Waals surface area contributed by atoms with Crippen LogP contribution < -0.4 is 0 Å². The smallest absolute Gasteiger partial charge is 0.156 e. The van der Waals surface area contributed by atoms with Gasteiger partial charge >= 0.3 is 0 Å². The fraction of sp³-hybridized carbons (Fsp3) is 0.583. The average molecular weight is 208 g/mol. The van der Waals surface area contributed by atoms with Crippen LogP contribution in [0, 0.1) is 0 Å². The predicted octanol–water partition coefficient (Wildman–Crippen LogP) is 3.49. The molecule has 0 bridgehead atoms. The lowest BCUT2D eigenvalue weighted by atomic mass is 10.2. The average Bonchev–Trinajstić information content (AvgIpc) is 2.45. The number of allylic oxidation sites excluding steroid dienone is 4. The minimum atomic E-state index is -1.17. The highest BCUT2D eigenvalue weighted by molar-refractivity contribution is 6.83. The van der Waals surface area contributed by atoms with E-state index in [1.54, 1.807) is 5.20 Å². The van der Waals surface area contributed by atoms with Crippen molar-refractivity contribution < 1.29 is 4.79 Å². The summed E-state index contributed by atoms with van der Waals surface area (Å²) in [6, 6.07) is 0. The Morgan fingerprint density at radius 1 is 1.43 bits per heavy atom. The molecule has 0 aliphatic heterocycles. The molecular formula is C12H20OSi. The van der Waals surface area contributed by atoms with Gasteiger partial charge in [-0.3, -0.25) is 4.79 Å². The number of carbonyl (C=O) groups excluding carboxylic acids is 1. The maximum Gasteiger partial charge on any atom is 0.156 e. The van der Waals surface area contributed by atoms with E-state index in [9.17, 15) is 4.79 Å². The first-order chi connectivity index (χ1) is 6.43. The first-order valence-corrected chi connectivity index (χ1v) is 8.88. The van der Waals surface area contributed by atoms with Gasteiger partial charge in [-0.1, -0.05) is 37.8 Å². The molecule has 0 aromatic rings. The molecule has 2 heteroatoms. The summed E-state index contributed by atoms with van der Waals surface area (Å²) in [5, 5.41) is 1.57. The molecule has 0 N–H and O–H groups in total. The quantitative estimate of drug-likeness (QED) is 0.649. The zero-order valence-electron chi connectivity index (χ0n) is 9.68. The Labute approximate surface area is 87.9 Å². The third-order valence-corrected chi connectivity index (χ3v) is 5.13. The zero-order chi connectivity index (χ0) is 10.8. The fourth-order valence-corrected chi connectivity index (χ4v) is 3.48. The van der Waals surface area contributed by atoms with Crippen LogP contribution in [0.15, 0.2) is 22.9 Å². The van der Waals surface area contributed by atoms with Crippen LogP contribution in [-0.2, 0) is 4.79 Å². The van der Waals surface area contributed by atoms with Crippen LogP contribution in [0.25, 0.3) is 0 Å². The summed E-state index contributed by atoms with van der Waals surface area (Å²) in [5.74, 6) is 0.294. The van der Waals surface area contributed by atoms with Crippen molar-refractivity contribution in [2.75, 3.05) is 0 Å². The number of carbonyl (C=O) groups is 1. The molecule has 78 valence electrons. The van der Waals surface area contributed by atoms with Gasteiger partial charge in [0, 0.05) is 6.42 Å². The summed E-state index contributed by atoms with van der Waals surface area (Å²) in [5.41, 5.74) is 1.24. The van der Waals surface area contributed by atoms with Crippen LogP contribution in [0.2, 0.25) is 19.6 Å². The van der Waals surface area contributed by atoms with Gasteiger partial charge in [-0.15, -0.1) is 0 Å². The monoisotopic (exact) mass is 208 g/mol. The number of rotatable bonds is 3. The van der Waals surface area contributed by atoms with Crippen molar-refractivity contribution in [2.45, 2.75) is 45.8 Å². The highest BCUT2D eigenvalue weighted by Crippen LogP contribution is 2.24. The number of hydrogen-bond acceptors (Lipinski definition) is 1. The van der Waals surface area contributed by atoms with Gasteiger partial charge in [-0.25, -0.2) is 0 Å². The molecule has 1 aliphatic carbocycles. The van der Waals surface area contributed by atoms with E-state index in [-0.39, 0.29) is 0 Å². The van der Waals surface area contributed by atoms with Crippen LogP contribution >= 0.6 is 0 Å². The van der Waals surface area contributed by atoms with E-state index < -0.39 is 8.07 Å². The van der Waals surface area contributed by atoms with Crippen LogP contribution in [0.4, 0.5) is 0 Å². The Hall–Kier alpha value is -0.633. The fourth-order valence-electron chi connectivity index (χ4n) is 1.81. The Morgan fingerprint density at radius 3 is 2.43 bits per heavy atom. The lowest BCUT2D eigenvalue weighted by molar-refractivity contribution is -0.114. The topological polar surface area (TPSA) is 17.1 Å². The van der Waals surface area contributed by atoms with Crippen LogP contribution in [0.1, 0.15) is 26.2 Å². The molecule has 0 atom stereocenters. The van der Waals surface area contributed by atoms with E-state index >= 15 is 0 Å². The van der Waals surface area contributed by atoms with Gasteiger partial charge in [-0.05, 0) is 24.5 Å². The third kappa shape index (κ3) is 2.95. The largest absolute Gasteiger partial charge is 0.295 e. The van der Waals surface area contributed by atoms with E-state index in [1.807, 2.05) is 6.08 Å². The lowest BCUT2D eigenvalue weighted by Gasteiger charge is -2.19. The second kappa shape index (κ2) is 4.26. The molecule has 0 aromatic carbocycles. The molecule has 0 radical (unpaired) electrons. The maximum atomic E-state index is 11.1. The Bertz CT molecular complexity index is 292. The van der Waals surface area contributed by atoms with Crippen molar-refractivity contribution in [1.29, 1.82) is 0 Å². The Morgan fingerprint density at radius 2 is 2.07 bits per heavy atom. The third-order valence-electron chi connectivity index (χ3n) is 2.71. The predicted molar refractivity (Wildman–Crippen MR) is 64.0 cm³/mol. The molecule has 0 unspecified atom stereocenters. The van der Waals surface area contributed by atoms with Crippen LogP contribution in [0.5, 0.6) is 0 Å². The first-order valence-electron chi connectivity index (χ1n) is 5.38. The summed E-state index contributed by atoms with van der Waals surface area (Å²) in [6.07, 6.45) is 6.88. The van der Waals surface area contributed by atoms with E-state index in [0.29, 0.717) is 12.2 Å². The number of hydrogen-bond donors (Lipinski definition) is 0. The van der Waals surface area contributed by atoms with Crippen molar-refractivity contribution >= 4 is 13.9 Å². The minimum absolute atomic E-state index is 0.294. The van der Waals surface area contributed by atoms with Crippen molar-refractivity contribution in [1.82, 2.24) is 0 Å². The number of ketones is 1. The normalized spacial score (nSPS) is 18.7. The van der Waals surface area contributed by atoms with Crippen molar-refractivity contribution in [3.63, 3.8) is 0 Å². The van der Waals surface area contributed by atoms with Gasteiger partial charge in [-0.2, -0.15) is 0 Å². The van der Waals surface area contributed by atoms with Gasteiger partial charge < -0.3 is 0 Å². The first kappa shape index (κ1) is 11.4. The van der Waals surface area contributed by atoms with E-state index in [0.717, 1.165) is 12.8 Å². The summed E-state index contributed by atoms with van der Waals surface area (Å²) in [7, 11) is -1.17. The SMILES string of the molecule is CC/C(=C\C1=CC(=O)CC1)[Si](C)(C)C. The second-order valence-corrected chi connectivity index (χ2v) is 10.1. The molecule has 0 saturated heterocycles. The van der Waals surface area contributed by atoms with Gasteiger partial charge in [0.05, 0.1) is 8.07 Å². The van der Waals surface area contributed by atoms with E-state index in [1.165, 1.54) is 5.57 Å². The van der Waals surface area contributed by atoms with Gasteiger partial charge in [0.2, 0.25) is 0 Å². The molecule has 1 nitrogen and oxygen atoms in total. The van der Waals surface area contributed by atoms with E-state index in [2.05, 4.69) is 32.6 Å². The van der Waals surface area contributed by atoms with Crippen LogP contribution in [0.3, 0.4) is 0 Å². The molecule has 0 fully saturated rings. The molecule has 0 aromatic heterocycles. The standard InChI is InChI=1S/C12H20OSi/c1-5-12(14(2,3)4)9-10-6-7-11(13)8-10/h8-9H,5-7H2,1-4H3/b12-9+. The molecule has 0 saturated carbocycles. The van der Waals surface area contributed by atoms with Crippen molar-refractivity contribution in [2.24, 2.45) is 0 Å². The molecule has 0 spiro atoms. The van der Waals surface area contributed by atoms with Crippen molar-refractivity contribution in [3.05, 3.63) is 22.9 Å². The minimum Gasteiger partial charge on any atom is -0.295 e. The molecule has 1 aliphatic rings. The summed E-state index contributed by atoms with van der Waals surface area (Å²) < 4.78 is 0. The maximum absolute atomic E-state index is 11.1. The summed E-state index contributed by atoms with van der Waals surface area (Å²) in [4.78, 5) is 11.1. The molecule has 0 amide bonds. The van der Waals surface area contributed by atoms with Gasteiger partial charge in [0.15, 0.2) is 5.78 Å². The highest BCUT2D eigenvalue weighted by atomic mass is 28.3. The summed E-state index contributed by atoms with van der Waals surface area (Å²) >= 11 is 0. The highest BCUT2D eigenvalue weighted by Gasteiger charge is 2.19. The Balaban J connectivity index is 2.85. The summed E-state index contributed by atoms with van der Waals surface area (Å²) in [6.45, 7) is 9.29. The molecular weight excluding hydrogens is 188 g/mol. The van der Waals surface area contributed by atoms with E-state index in [4.69, 9.17) is 0 Å². The molecule has 14 heavy (non-hydrogen) atoms. The van der Waals surface area contributed by atoms with Crippen molar-refractivity contribution in [3.8, 4) is 0 Å². The lowest BCUT2D eigenvalue weighted by Crippen LogP contribution is -2.23. The van der Waals surface area contributed by atoms with Gasteiger partial charge in [0.25, 0.3) is 0 Å². The zero-order valence-corrected chi connectivity index (χ0v) is 10.7. The Kier molecular flexibility index (Phi) is 3.48. The molecule has 1 rings (SSSR count). The molecule has 0 heterocycles. The van der Waals surface area contributed by atoms with Crippen LogP contribution in [-0.4, -0.2) is 13.9 Å². The second-order valence-electron chi connectivity index (χ2n) is 4.96.